The van der Waals surface area contributed by atoms with Gasteiger partial charge in [-0.25, -0.2) is 8.42 Å². The lowest BCUT2D eigenvalue weighted by Crippen LogP contribution is -2.30. The summed E-state index contributed by atoms with van der Waals surface area (Å²) in [4.78, 5) is 0.264. The van der Waals surface area contributed by atoms with E-state index in [0.29, 0.717) is 18.1 Å². The van der Waals surface area contributed by atoms with E-state index in [-0.39, 0.29) is 10.9 Å². The molecule has 1 aromatic heterocycles. The second kappa shape index (κ2) is 6.33. The summed E-state index contributed by atoms with van der Waals surface area (Å²) < 4.78 is 37.8. The number of methoxy groups -OCH3 is 1. The minimum absolute atomic E-state index is 0.264. The zero-order valence-corrected chi connectivity index (χ0v) is 14.0. The van der Waals surface area contributed by atoms with Crippen molar-refractivity contribution in [2.45, 2.75) is 37.1 Å². The van der Waals surface area contributed by atoms with Crippen molar-refractivity contribution in [1.82, 2.24) is 9.46 Å². The minimum Gasteiger partial charge on any atom is -0.497 e. The van der Waals surface area contributed by atoms with E-state index in [0.717, 1.165) is 25.0 Å². The highest BCUT2D eigenvalue weighted by Gasteiger charge is 2.38. The average molecular weight is 336 g/mol. The highest BCUT2D eigenvalue weighted by atomic mass is 32.2. The zero-order valence-electron chi connectivity index (χ0n) is 13.2. The van der Waals surface area contributed by atoms with Crippen molar-refractivity contribution in [2.75, 3.05) is 13.7 Å². The summed E-state index contributed by atoms with van der Waals surface area (Å²) in [6.07, 6.45) is 2.32. The van der Waals surface area contributed by atoms with Crippen LogP contribution in [-0.4, -0.2) is 31.5 Å². The molecule has 0 saturated carbocycles. The van der Waals surface area contributed by atoms with Crippen LogP contribution in [0.3, 0.4) is 0 Å². The quantitative estimate of drug-likeness (QED) is 0.839. The first kappa shape index (κ1) is 16.0. The third kappa shape index (κ3) is 2.98. The summed E-state index contributed by atoms with van der Waals surface area (Å²) >= 11 is 0. The molecule has 1 saturated heterocycles. The fourth-order valence-corrected chi connectivity index (χ4v) is 4.51. The van der Waals surface area contributed by atoms with Crippen LogP contribution >= 0.6 is 0 Å². The molecule has 0 radical (unpaired) electrons. The number of aromatic nitrogens is 1. The molecule has 0 aliphatic carbocycles. The van der Waals surface area contributed by atoms with Crippen LogP contribution in [0.1, 0.15) is 37.3 Å². The molecule has 2 aromatic rings. The molecule has 1 aliphatic rings. The molecule has 2 heterocycles. The Bertz CT molecular complexity index is 768. The van der Waals surface area contributed by atoms with E-state index < -0.39 is 10.0 Å². The highest BCUT2D eigenvalue weighted by molar-refractivity contribution is 7.89. The fourth-order valence-electron chi connectivity index (χ4n) is 2.85. The first-order valence-electron chi connectivity index (χ1n) is 7.67. The van der Waals surface area contributed by atoms with Crippen molar-refractivity contribution in [3.05, 3.63) is 41.8 Å². The number of sulfonamides is 1. The zero-order chi connectivity index (χ0) is 16.4. The molecular weight excluding hydrogens is 316 g/mol. The first-order chi connectivity index (χ1) is 11.1. The van der Waals surface area contributed by atoms with Gasteiger partial charge in [-0.2, -0.15) is 4.31 Å². The molecule has 0 unspecified atom stereocenters. The Kier molecular flexibility index (Phi) is 4.41. The second-order valence-corrected chi connectivity index (χ2v) is 7.41. The molecule has 7 heteroatoms. The molecule has 1 aromatic carbocycles. The Labute approximate surface area is 136 Å². The van der Waals surface area contributed by atoms with Gasteiger partial charge in [0.2, 0.25) is 10.0 Å². The molecule has 1 aliphatic heterocycles. The van der Waals surface area contributed by atoms with E-state index in [2.05, 4.69) is 5.16 Å². The summed E-state index contributed by atoms with van der Waals surface area (Å²) in [6, 6.07) is 8.02. The summed E-state index contributed by atoms with van der Waals surface area (Å²) in [5.74, 6) is 1.25. The number of ether oxygens (including phenoxy) is 1. The van der Waals surface area contributed by atoms with Gasteiger partial charge in [0.25, 0.3) is 0 Å². The lowest BCUT2D eigenvalue weighted by molar-refractivity contribution is 0.296. The van der Waals surface area contributed by atoms with Crippen LogP contribution in [0.5, 0.6) is 5.75 Å². The van der Waals surface area contributed by atoms with Crippen molar-refractivity contribution in [3.63, 3.8) is 0 Å². The molecule has 23 heavy (non-hydrogen) atoms. The van der Waals surface area contributed by atoms with Crippen molar-refractivity contribution >= 4 is 10.0 Å². The van der Waals surface area contributed by atoms with E-state index in [1.807, 2.05) is 13.0 Å². The number of benzene rings is 1. The molecule has 0 amide bonds. The minimum atomic E-state index is -3.57. The van der Waals surface area contributed by atoms with Crippen LogP contribution in [0.2, 0.25) is 0 Å². The Balaban J connectivity index is 1.91. The van der Waals surface area contributed by atoms with E-state index in [4.69, 9.17) is 9.26 Å². The van der Waals surface area contributed by atoms with Crippen LogP contribution in [0.4, 0.5) is 0 Å². The van der Waals surface area contributed by atoms with Gasteiger partial charge in [-0.3, -0.25) is 0 Å². The predicted molar refractivity (Wildman–Crippen MR) is 84.7 cm³/mol. The van der Waals surface area contributed by atoms with Crippen LogP contribution in [-0.2, 0) is 16.4 Å². The topological polar surface area (TPSA) is 72.6 Å². The summed E-state index contributed by atoms with van der Waals surface area (Å²) in [5, 5.41) is 3.98. The van der Waals surface area contributed by atoms with Crippen LogP contribution in [0.25, 0.3) is 0 Å². The van der Waals surface area contributed by atoms with Gasteiger partial charge in [-0.1, -0.05) is 12.1 Å². The first-order valence-corrected chi connectivity index (χ1v) is 9.11. The number of hydrogen-bond acceptors (Lipinski definition) is 5. The Hall–Kier alpha value is -1.86. The lowest BCUT2D eigenvalue weighted by Gasteiger charge is -2.22. The predicted octanol–water partition coefficient (Wildman–Crippen LogP) is 2.77. The molecule has 0 N–H and O–H groups in total. The molecular formula is C16H20N2O4S. The smallest absolute Gasteiger partial charge is 0.243 e. The van der Waals surface area contributed by atoms with Crippen LogP contribution in [0, 0.1) is 0 Å². The van der Waals surface area contributed by atoms with Gasteiger partial charge >= 0.3 is 0 Å². The van der Waals surface area contributed by atoms with Gasteiger partial charge in [-0.05, 0) is 43.5 Å². The Morgan fingerprint density at radius 3 is 2.70 bits per heavy atom. The van der Waals surface area contributed by atoms with Crippen molar-refractivity contribution in [1.29, 1.82) is 0 Å². The van der Waals surface area contributed by atoms with E-state index >= 15 is 0 Å². The van der Waals surface area contributed by atoms with Gasteiger partial charge in [0, 0.05) is 12.6 Å². The van der Waals surface area contributed by atoms with Gasteiger partial charge in [0.05, 0.1) is 23.7 Å². The maximum atomic E-state index is 12.9. The molecule has 0 bridgehead atoms. The monoisotopic (exact) mass is 336 g/mol. The molecule has 1 atom stereocenters. The van der Waals surface area contributed by atoms with Crippen LogP contribution in [0.15, 0.2) is 39.8 Å². The molecule has 1 fully saturated rings. The van der Waals surface area contributed by atoms with Gasteiger partial charge < -0.3 is 9.26 Å². The van der Waals surface area contributed by atoms with Crippen molar-refractivity contribution in [3.8, 4) is 5.75 Å². The number of hydrogen-bond donors (Lipinski definition) is 0. The molecule has 6 nitrogen and oxygen atoms in total. The number of aryl methyl sites for hydroxylation is 1. The summed E-state index contributed by atoms with van der Waals surface area (Å²) in [7, 11) is -2.02. The van der Waals surface area contributed by atoms with Gasteiger partial charge in [0.15, 0.2) is 5.76 Å². The summed E-state index contributed by atoms with van der Waals surface area (Å²) in [5.41, 5.74) is 0.841. The standard InChI is InChI=1S/C16H20N2O4S/c1-3-12-11-16(22-17-12)15-5-4-10-18(15)23(19,20)14-8-6-13(21-2)7-9-14/h6-9,11,15H,3-5,10H2,1-2H3/t15-/m1/s1. The average Bonchev–Trinajstić information content (AvgIpc) is 3.23. The maximum absolute atomic E-state index is 12.9. The van der Waals surface area contributed by atoms with Crippen molar-refractivity contribution in [2.24, 2.45) is 0 Å². The fraction of sp³-hybridized carbons (Fsp3) is 0.438. The second-order valence-electron chi connectivity index (χ2n) is 5.52. The molecule has 3 rings (SSSR count). The van der Waals surface area contributed by atoms with Crippen molar-refractivity contribution < 1.29 is 17.7 Å². The maximum Gasteiger partial charge on any atom is 0.243 e. The van der Waals surface area contributed by atoms with E-state index in [9.17, 15) is 8.42 Å². The highest BCUT2D eigenvalue weighted by Crippen LogP contribution is 2.37. The summed E-state index contributed by atoms with van der Waals surface area (Å²) in [6.45, 7) is 2.48. The Morgan fingerprint density at radius 2 is 2.09 bits per heavy atom. The van der Waals surface area contributed by atoms with Crippen LogP contribution < -0.4 is 4.74 Å². The molecule has 124 valence electrons. The largest absolute Gasteiger partial charge is 0.497 e. The molecule has 0 spiro atoms. The SMILES string of the molecule is CCc1cc([C@H]2CCCN2S(=O)(=O)c2ccc(OC)cc2)on1. The third-order valence-corrected chi connectivity index (χ3v) is 6.06. The normalized spacial score (nSPS) is 19.1. The lowest BCUT2D eigenvalue weighted by atomic mass is 10.1. The number of nitrogens with zero attached hydrogens (tertiary/aromatic N) is 2. The van der Waals surface area contributed by atoms with E-state index in [1.165, 1.54) is 4.31 Å². The van der Waals surface area contributed by atoms with Gasteiger partial charge in [-0.15, -0.1) is 0 Å². The van der Waals surface area contributed by atoms with E-state index in [1.54, 1.807) is 31.4 Å². The third-order valence-electron chi connectivity index (χ3n) is 4.14. The van der Waals surface area contributed by atoms with Gasteiger partial charge in [0.1, 0.15) is 5.75 Å². The Morgan fingerprint density at radius 1 is 1.35 bits per heavy atom. The number of rotatable bonds is 5.